The fourth-order valence-corrected chi connectivity index (χ4v) is 5.06. The zero-order valence-electron chi connectivity index (χ0n) is 21.4. The summed E-state index contributed by atoms with van der Waals surface area (Å²) in [6, 6.07) is 4.50. The number of hydrogen-bond acceptors (Lipinski definition) is 5. The van der Waals surface area contributed by atoms with Crippen molar-refractivity contribution in [2.45, 2.75) is 65.5 Å². The summed E-state index contributed by atoms with van der Waals surface area (Å²) in [5.74, 6) is -0.603. The summed E-state index contributed by atoms with van der Waals surface area (Å²) in [6.07, 6.45) is 1.41. The van der Waals surface area contributed by atoms with Crippen molar-refractivity contribution in [2.75, 3.05) is 32.7 Å². The molecule has 0 spiro atoms. The average Bonchev–Trinajstić information content (AvgIpc) is 2.80. The molecule has 8 nitrogen and oxygen atoms in total. The number of piperidine rings is 1. The highest BCUT2D eigenvalue weighted by Crippen LogP contribution is 2.33. The van der Waals surface area contributed by atoms with Crippen LogP contribution in [-0.2, 0) is 30.3 Å². The van der Waals surface area contributed by atoms with E-state index in [1.807, 2.05) is 13.8 Å². The summed E-state index contributed by atoms with van der Waals surface area (Å²) in [7, 11) is 0. The van der Waals surface area contributed by atoms with Gasteiger partial charge >= 0.3 is 5.97 Å². The third kappa shape index (κ3) is 6.91. The number of hydrogen-bond donors (Lipinski definition) is 0. The number of rotatable bonds is 7. The highest BCUT2D eigenvalue weighted by molar-refractivity contribution is 6.42. The number of esters is 1. The van der Waals surface area contributed by atoms with Crippen molar-refractivity contribution in [1.82, 2.24) is 14.7 Å². The van der Waals surface area contributed by atoms with Gasteiger partial charge in [0.15, 0.2) is 0 Å². The van der Waals surface area contributed by atoms with Crippen LogP contribution in [0.25, 0.3) is 0 Å². The van der Waals surface area contributed by atoms with E-state index in [0.717, 1.165) is 12.0 Å². The molecule has 0 aromatic heterocycles. The smallest absolute Gasteiger partial charge is 0.302 e. The maximum absolute atomic E-state index is 12.9. The van der Waals surface area contributed by atoms with E-state index in [1.165, 1.54) is 6.92 Å². The number of halogens is 2. The summed E-state index contributed by atoms with van der Waals surface area (Å²) in [5, 5.41) is 0.817. The van der Waals surface area contributed by atoms with E-state index >= 15 is 0 Å². The van der Waals surface area contributed by atoms with Gasteiger partial charge in [-0.3, -0.25) is 19.2 Å². The molecule has 2 atom stereocenters. The molecule has 0 aliphatic carbocycles. The summed E-state index contributed by atoms with van der Waals surface area (Å²) in [6.45, 7) is 9.54. The molecule has 2 saturated heterocycles. The van der Waals surface area contributed by atoms with Crippen LogP contribution in [0.5, 0.6) is 0 Å². The van der Waals surface area contributed by atoms with Crippen molar-refractivity contribution < 1.29 is 23.9 Å². The summed E-state index contributed by atoms with van der Waals surface area (Å²) in [5.41, 5.74) is 0.564. The first-order chi connectivity index (χ1) is 16.9. The van der Waals surface area contributed by atoms with Gasteiger partial charge in [-0.15, -0.1) is 0 Å². The van der Waals surface area contributed by atoms with Crippen molar-refractivity contribution in [3.05, 3.63) is 33.8 Å². The molecule has 0 radical (unpaired) electrons. The minimum absolute atomic E-state index is 0.00131. The van der Waals surface area contributed by atoms with E-state index in [2.05, 4.69) is 0 Å². The van der Waals surface area contributed by atoms with Gasteiger partial charge in [0, 0.05) is 44.9 Å². The van der Waals surface area contributed by atoms with Crippen molar-refractivity contribution in [3.63, 3.8) is 0 Å². The van der Waals surface area contributed by atoms with Crippen LogP contribution in [0.2, 0.25) is 10.0 Å². The molecule has 2 aliphatic heterocycles. The van der Waals surface area contributed by atoms with Gasteiger partial charge in [-0.05, 0) is 37.5 Å². The normalized spacial score (nSPS) is 21.9. The molecule has 2 fully saturated rings. The predicted molar refractivity (Wildman–Crippen MR) is 138 cm³/mol. The lowest BCUT2D eigenvalue weighted by Gasteiger charge is -2.43. The first-order valence-electron chi connectivity index (χ1n) is 12.4. The largest absolute Gasteiger partial charge is 0.460 e. The van der Waals surface area contributed by atoms with Crippen molar-refractivity contribution in [1.29, 1.82) is 0 Å². The molecule has 10 heteroatoms. The number of likely N-dealkylation sites (tertiary alicyclic amines) is 1. The number of ether oxygens (including phenoxy) is 1. The zero-order valence-corrected chi connectivity index (χ0v) is 22.9. The zero-order chi connectivity index (χ0) is 26.6. The summed E-state index contributed by atoms with van der Waals surface area (Å²) in [4.78, 5) is 55.1. The van der Waals surface area contributed by atoms with Gasteiger partial charge in [0.25, 0.3) is 0 Å². The fraction of sp³-hybridized carbons (Fsp3) is 0.615. The van der Waals surface area contributed by atoms with E-state index < -0.39 is 6.04 Å². The molecule has 0 bridgehead atoms. The monoisotopic (exact) mass is 539 g/mol. The number of amides is 3. The molecule has 0 N–H and O–H groups in total. The van der Waals surface area contributed by atoms with Crippen molar-refractivity contribution in [3.8, 4) is 0 Å². The van der Waals surface area contributed by atoms with E-state index in [0.29, 0.717) is 55.6 Å². The summed E-state index contributed by atoms with van der Waals surface area (Å²) < 4.78 is 5.46. The van der Waals surface area contributed by atoms with Gasteiger partial charge in [-0.2, -0.15) is 0 Å². The molecule has 2 aliphatic rings. The molecule has 198 valence electrons. The van der Waals surface area contributed by atoms with Crippen LogP contribution >= 0.6 is 23.2 Å². The van der Waals surface area contributed by atoms with Crippen LogP contribution < -0.4 is 0 Å². The third-order valence-electron chi connectivity index (χ3n) is 7.17. The quantitative estimate of drug-likeness (QED) is 0.494. The highest BCUT2D eigenvalue weighted by atomic mass is 35.5. The Kier molecular flexibility index (Phi) is 9.28. The fourth-order valence-electron chi connectivity index (χ4n) is 4.74. The lowest BCUT2D eigenvalue weighted by Crippen LogP contribution is -2.58. The van der Waals surface area contributed by atoms with Crippen LogP contribution in [0, 0.1) is 5.41 Å². The van der Waals surface area contributed by atoms with Crippen LogP contribution in [0.3, 0.4) is 0 Å². The van der Waals surface area contributed by atoms with Crippen LogP contribution in [0.15, 0.2) is 18.2 Å². The van der Waals surface area contributed by atoms with E-state index in [4.69, 9.17) is 27.9 Å². The van der Waals surface area contributed by atoms with Crippen LogP contribution in [-0.4, -0.2) is 83.3 Å². The molecule has 0 unspecified atom stereocenters. The maximum atomic E-state index is 12.9. The van der Waals surface area contributed by atoms with Gasteiger partial charge in [-0.1, -0.05) is 43.1 Å². The lowest BCUT2D eigenvalue weighted by molar-refractivity contribution is -0.161. The number of piperazine rings is 1. The molecule has 36 heavy (non-hydrogen) atoms. The van der Waals surface area contributed by atoms with Crippen molar-refractivity contribution >= 4 is 46.9 Å². The number of nitrogens with zero attached hydrogens (tertiary/aromatic N) is 3. The van der Waals surface area contributed by atoms with Gasteiger partial charge in [-0.25, -0.2) is 0 Å². The predicted octanol–water partition coefficient (Wildman–Crippen LogP) is 3.57. The number of carbonyl (C=O) groups excluding carboxylic acids is 4. The second-order valence-corrected chi connectivity index (χ2v) is 11.1. The molecule has 1 aromatic rings. The molecular formula is C26H35Cl2N3O5. The Morgan fingerprint density at radius 2 is 1.81 bits per heavy atom. The Balaban J connectivity index is 1.47. The Labute approximate surface area is 222 Å². The lowest BCUT2D eigenvalue weighted by atomic mass is 9.79. The molecular weight excluding hydrogens is 505 g/mol. The highest BCUT2D eigenvalue weighted by Gasteiger charge is 2.39. The Morgan fingerprint density at radius 1 is 1.08 bits per heavy atom. The van der Waals surface area contributed by atoms with Gasteiger partial charge < -0.3 is 19.4 Å². The Morgan fingerprint density at radius 3 is 2.47 bits per heavy atom. The first kappa shape index (κ1) is 28.3. The second-order valence-electron chi connectivity index (χ2n) is 10.3. The molecule has 0 saturated carbocycles. The van der Waals surface area contributed by atoms with E-state index in [1.54, 1.807) is 39.8 Å². The van der Waals surface area contributed by atoms with Crippen LogP contribution in [0.4, 0.5) is 0 Å². The molecule has 1 aromatic carbocycles. The topological polar surface area (TPSA) is 87.2 Å². The minimum Gasteiger partial charge on any atom is -0.460 e. The van der Waals surface area contributed by atoms with Gasteiger partial charge in [0.1, 0.15) is 12.1 Å². The average molecular weight is 540 g/mol. The van der Waals surface area contributed by atoms with Gasteiger partial charge in [0.05, 0.1) is 23.0 Å². The standard InChI is InChI=1S/C26H35Cl2N3O5/c1-17-25(35)29(12-13-31(17)24(34)15-19-7-8-20(27)21(28)14-19)10-5-6-23(33)30-11-9-26(3,4)22(16-30)36-18(2)32/h7-8,14,17,22H,5-6,9-13,15-16H2,1-4H3/t17-,22+/m0/s1. The second kappa shape index (κ2) is 11.8. The molecule has 2 heterocycles. The molecule has 3 rings (SSSR count). The first-order valence-corrected chi connectivity index (χ1v) is 13.1. The number of carbonyl (C=O) groups is 4. The Hall–Kier alpha value is -2.32. The van der Waals surface area contributed by atoms with E-state index in [-0.39, 0.29) is 41.6 Å². The van der Waals surface area contributed by atoms with Gasteiger partial charge in [0.2, 0.25) is 17.7 Å². The van der Waals surface area contributed by atoms with Crippen LogP contribution in [0.1, 0.15) is 52.5 Å². The van der Waals surface area contributed by atoms with Crippen molar-refractivity contribution in [2.24, 2.45) is 5.41 Å². The summed E-state index contributed by atoms with van der Waals surface area (Å²) >= 11 is 12.0. The maximum Gasteiger partial charge on any atom is 0.302 e. The number of benzene rings is 1. The Bertz CT molecular complexity index is 1020. The minimum atomic E-state index is -0.571. The van der Waals surface area contributed by atoms with E-state index in [9.17, 15) is 19.2 Å². The third-order valence-corrected chi connectivity index (χ3v) is 7.91. The SMILES string of the molecule is CC(=O)O[C@@H]1CN(C(=O)CCCN2CCN(C(=O)Cc3ccc(Cl)c(Cl)c3)[C@@H](C)C2=O)CCC1(C)C. The molecule has 3 amide bonds.